The number of rotatable bonds is 5. The van der Waals surface area contributed by atoms with E-state index in [1.165, 1.54) is 35.8 Å². The van der Waals surface area contributed by atoms with Crippen LogP contribution in [0.1, 0.15) is 38.3 Å². The highest BCUT2D eigenvalue weighted by Crippen LogP contribution is 2.22. The Bertz CT molecular complexity index is 825. The van der Waals surface area contributed by atoms with Crippen LogP contribution in [0.25, 0.3) is 0 Å². The number of carbonyl (C=O) groups excluding carboxylic acids is 2. The molecule has 0 unspecified atom stereocenters. The average Bonchev–Trinajstić information content (AvgIpc) is 2.62. The lowest BCUT2D eigenvalue weighted by Crippen LogP contribution is -2.20. The smallest absolute Gasteiger partial charge is 0.274 e. The monoisotopic (exact) mass is 351 g/mol. The molecule has 2 aromatic carbocycles. The molecule has 2 rings (SSSR count). The van der Waals surface area contributed by atoms with Gasteiger partial charge in [0.15, 0.2) is 0 Å². The second-order valence-electron chi connectivity index (χ2n) is 4.76. The van der Waals surface area contributed by atoms with Crippen molar-refractivity contribution < 1.29 is 28.0 Å². The summed E-state index contributed by atoms with van der Waals surface area (Å²) in [7, 11) is 0. The molecule has 0 radical (unpaired) electrons. The fourth-order valence-electron chi connectivity index (χ4n) is 1.95. The van der Waals surface area contributed by atoms with E-state index in [4.69, 9.17) is 5.21 Å². The summed E-state index contributed by atoms with van der Waals surface area (Å²) in [6, 6.07) is 8.42. The summed E-state index contributed by atoms with van der Waals surface area (Å²) in [5, 5.41) is 12.0. The number of carbonyl (C=O) groups is 2. The lowest BCUT2D eigenvalue weighted by Gasteiger charge is -2.06. The molecule has 0 aliphatic carbocycles. The van der Waals surface area contributed by atoms with E-state index in [0.717, 1.165) is 18.3 Å². The summed E-state index contributed by atoms with van der Waals surface area (Å²) in [5.41, 5.74) is 2.52. The molecule has 0 saturated carbocycles. The number of hydrazone groups is 1. The van der Waals surface area contributed by atoms with E-state index in [1.807, 2.05) is 5.43 Å². The fraction of sp³-hybridized carbons (Fsp3) is 0.0625. The SMILES string of the molecule is O=C(NO)c1ccc(/C=N/NC(=O)c2ccccc2C(F)F)c(F)c1. The minimum Gasteiger partial charge on any atom is -0.288 e. The third-order valence-electron chi connectivity index (χ3n) is 3.17. The van der Waals surface area contributed by atoms with E-state index in [0.29, 0.717) is 0 Å². The summed E-state index contributed by atoms with van der Waals surface area (Å²) < 4.78 is 39.5. The van der Waals surface area contributed by atoms with Crippen LogP contribution in [0, 0.1) is 5.82 Å². The molecule has 0 saturated heterocycles. The van der Waals surface area contributed by atoms with Crippen molar-refractivity contribution in [1.82, 2.24) is 10.9 Å². The summed E-state index contributed by atoms with van der Waals surface area (Å²) in [5.74, 6) is -2.59. The number of hydrogen-bond acceptors (Lipinski definition) is 4. The molecule has 9 heteroatoms. The molecule has 3 N–H and O–H groups in total. The predicted octanol–water partition coefficient (Wildman–Crippen LogP) is 2.65. The molecule has 0 aliphatic heterocycles. The maximum atomic E-state index is 13.8. The molecule has 25 heavy (non-hydrogen) atoms. The molecule has 130 valence electrons. The van der Waals surface area contributed by atoms with Gasteiger partial charge in [-0.05, 0) is 24.3 Å². The molecule has 0 aliphatic rings. The van der Waals surface area contributed by atoms with Crippen molar-refractivity contribution in [3.05, 3.63) is 70.5 Å². The first-order valence-corrected chi connectivity index (χ1v) is 6.88. The molecule has 0 bridgehead atoms. The zero-order chi connectivity index (χ0) is 18.4. The van der Waals surface area contributed by atoms with Crippen molar-refractivity contribution in [2.75, 3.05) is 0 Å². The van der Waals surface area contributed by atoms with E-state index in [9.17, 15) is 22.8 Å². The number of halogens is 3. The Morgan fingerprint density at radius 3 is 2.48 bits per heavy atom. The van der Waals surface area contributed by atoms with Gasteiger partial charge in [0.05, 0.1) is 11.8 Å². The normalized spacial score (nSPS) is 10.9. The van der Waals surface area contributed by atoms with E-state index in [1.54, 1.807) is 0 Å². The standard InChI is InChI=1S/C16H12F3N3O3/c17-13-7-9(15(23)22-25)5-6-10(13)8-20-21-16(24)12-4-2-1-3-11(12)14(18)19/h1-8,14,25H,(H,21,24)(H,22,23)/b20-8+. The van der Waals surface area contributed by atoms with Crippen molar-refractivity contribution in [1.29, 1.82) is 0 Å². The van der Waals surface area contributed by atoms with Gasteiger partial charge in [-0.15, -0.1) is 0 Å². The second kappa shape index (κ2) is 8.06. The quantitative estimate of drug-likeness (QED) is 0.439. The minimum absolute atomic E-state index is 0.0584. The van der Waals surface area contributed by atoms with Gasteiger partial charge < -0.3 is 0 Å². The molecule has 6 nitrogen and oxygen atoms in total. The lowest BCUT2D eigenvalue weighted by atomic mass is 10.1. The minimum atomic E-state index is -2.83. The van der Waals surface area contributed by atoms with Crippen molar-refractivity contribution in [3.63, 3.8) is 0 Å². The third kappa shape index (κ3) is 4.42. The lowest BCUT2D eigenvalue weighted by molar-refractivity contribution is 0.0706. The van der Waals surface area contributed by atoms with Gasteiger partial charge in [-0.3, -0.25) is 14.8 Å². The summed E-state index contributed by atoms with van der Waals surface area (Å²) in [6.07, 6.45) is -1.87. The first-order valence-electron chi connectivity index (χ1n) is 6.88. The summed E-state index contributed by atoms with van der Waals surface area (Å²) in [4.78, 5) is 23.0. The van der Waals surface area contributed by atoms with Crippen LogP contribution < -0.4 is 10.9 Å². The number of hydroxylamine groups is 1. The highest BCUT2D eigenvalue weighted by atomic mass is 19.3. The van der Waals surface area contributed by atoms with Crippen LogP contribution in [0.5, 0.6) is 0 Å². The van der Waals surface area contributed by atoms with Gasteiger partial charge in [0, 0.05) is 16.7 Å². The fourth-order valence-corrected chi connectivity index (χ4v) is 1.95. The Balaban J connectivity index is 2.11. The topological polar surface area (TPSA) is 90.8 Å². The number of benzene rings is 2. The van der Waals surface area contributed by atoms with E-state index >= 15 is 0 Å². The highest BCUT2D eigenvalue weighted by Gasteiger charge is 2.17. The van der Waals surface area contributed by atoms with Crippen LogP contribution in [0.2, 0.25) is 0 Å². The van der Waals surface area contributed by atoms with E-state index in [2.05, 4.69) is 5.10 Å². The zero-order valence-electron chi connectivity index (χ0n) is 12.5. The second-order valence-corrected chi connectivity index (χ2v) is 4.76. The molecule has 0 fully saturated rings. The number of nitrogens with zero attached hydrogens (tertiary/aromatic N) is 1. The van der Waals surface area contributed by atoms with Crippen molar-refractivity contribution in [3.8, 4) is 0 Å². The Morgan fingerprint density at radius 2 is 1.84 bits per heavy atom. The Kier molecular flexibility index (Phi) is 5.85. The van der Waals surface area contributed by atoms with Crippen LogP contribution in [0.3, 0.4) is 0 Å². The largest absolute Gasteiger partial charge is 0.288 e. The molecular formula is C16H12F3N3O3. The summed E-state index contributed by atoms with van der Waals surface area (Å²) in [6.45, 7) is 0. The molecule has 0 spiro atoms. The van der Waals surface area contributed by atoms with Gasteiger partial charge in [-0.25, -0.2) is 24.1 Å². The highest BCUT2D eigenvalue weighted by molar-refractivity contribution is 5.97. The summed E-state index contributed by atoms with van der Waals surface area (Å²) >= 11 is 0. The first-order chi connectivity index (χ1) is 11.9. The van der Waals surface area contributed by atoms with Crippen molar-refractivity contribution >= 4 is 18.0 Å². The van der Waals surface area contributed by atoms with Gasteiger partial charge in [0.1, 0.15) is 5.82 Å². The Labute approximate surface area is 139 Å². The van der Waals surface area contributed by atoms with Crippen molar-refractivity contribution in [2.24, 2.45) is 5.10 Å². The number of amides is 2. The maximum absolute atomic E-state index is 13.8. The molecule has 0 atom stereocenters. The van der Waals surface area contributed by atoms with Crippen LogP contribution in [-0.2, 0) is 0 Å². The van der Waals surface area contributed by atoms with Gasteiger partial charge in [0.25, 0.3) is 18.2 Å². The first kappa shape index (κ1) is 18.1. The molecule has 0 heterocycles. The van der Waals surface area contributed by atoms with Gasteiger partial charge in [-0.2, -0.15) is 5.10 Å². The Hall–Kier alpha value is -3.20. The Morgan fingerprint density at radius 1 is 1.12 bits per heavy atom. The van der Waals surface area contributed by atoms with Gasteiger partial charge >= 0.3 is 0 Å². The number of nitrogens with one attached hydrogen (secondary N) is 2. The molecular weight excluding hydrogens is 339 g/mol. The van der Waals surface area contributed by atoms with Crippen LogP contribution in [-0.4, -0.2) is 23.2 Å². The molecule has 0 aromatic heterocycles. The van der Waals surface area contributed by atoms with E-state index in [-0.39, 0.29) is 16.7 Å². The number of hydrogen-bond donors (Lipinski definition) is 3. The van der Waals surface area contributed by atoms with Crippen LogP contribution >= 0.6 is 0 Å². The van der Waals surface area contributed by atoms with Crippen LogP contribution in [0.4, 0.5) is 13.2 Å². The van der Waals surface area contributed by atoms with Gasteiger partial charge in [-0.1, -0.05) is 18.2 Å². The molecule has 2 aromatic rings. The number of alkyl halides is 2. The zero-order valence-corrected chi connectivity index (χ0v) is 12.5. The van der Waals surface area contributed by atoms with Crippen LogP contribution in [0.15, 0.2) is 47.6 Å². The van der Waals surface area contributed by atoms with Gasteiger partial charge in [0.2, 0.25) is 0 Å². The molecule has 2 amide bonds. The predicted molar refractivity (Wildman–Crippen MR) is 82.1 cm³/mol. The maximum Gasteiger partial charge on any atom is 0.274 e. The van der Waals surface area contributed by atoms with Crippen molar-refractivity contribution in [2.45, 2.75) is 6.43 Å². The third-order valence-corrected chi connectivity index (χ3v) is 3.17. The average molecular weight is 351 g/mol. The van der Waals surface area contributed by atoms with E-state index < -0.39 is 29.6 Å².